The number of ether oxygens (including phenoxy) is 1. The van der Waals surface area contributed by atoms with Gasteiger partial charge in [-0.15, -0.1) is 0 Å². The van der Waals surface area contributed by atoms with Gasteiger partial charge in [-0.2, -0.15) is 13.2 Å². The Morgan fingerprint density at radius 3 is 1.83 bits per heavy atom. The highest BCUT2D eigenvalue weighted by Gasteiger charge is 2.50. The Morgan fingerprint density at radius 2 is 1.65 bits per heavy atom. The van der Waals surface area contributed by atoms with Crippen molar-refractivity contribution in [3.63, 3.8) is 0 Å². The summed E-state index contributed by atoms with van der Waals surface area (Å²) in [6.45, 7) is 6.48. The average Bonchev–Trinajstić information content (AvgIpc) is 2.55. The van der Waals surface area contributed by atoms with Crippen LogP contribution in [-0.2, 0) is 4.74 Å². The number of halogens is 3. The Morgan fingerprint density at radius 1 is 1.22 bits per heavy atom. The minimum atomic E-state index is -4.27. The third-order valence-electron chi connectivity index (χ3n) is 2.96. The first kappa shape index (κ1) is 23.3. The number of nitro groups is 1. The van der Waals surface area contributed by atoms with Gasteiger partial charge in [-0.25, -0.2) is 0 Å². The Balaban J connectivity index is 0. The molecule has 1 aromatic rings. The second-order valence-corrected chi connectivity index (χ2v) is 4.25. The summed E-state index contributed by atoms with van der Waals surface area (Å²) in [6, 6.07) is 5.41. The van der Waals surface area contributed by atoms with Crippen LogP contribution in [0, 0.1) is 10.1 Å². The largest absolute Gasteiger partial charge is 0.417 e. The number of hydrogen-bond acceptors (Lipinski definition) is 4. The van der Waals surface area contributed by atoms with E-state index in [2.05, 4.69) is 4.74 Å². The fraction of sp³-hybridized carbons (Fsp3) is 0.533. The third kappa shape index (κ3) is 7.73. The van der Waals surface area contributed by atoms with Crippen LogP contribution >= 0.6 is 0 Å². The summed E-state index contributed by atoms with van der Waals surface area (Å²) in [5.41, 5.74) is -1.54. The Bertz CT molecular complexity index is 469. The molecule has 8 heteroatoms. The number of hydrogen-bond donors (Lipinski definition) is 0. The van der Waals surface area contributed by atoms with Crippen molar-refractivity contribution in [2.24, 2.45) is 0 Å². The monoisotopic (exact) mass is 337 g/mol. The van der Waals surface area contributed by atoms with Crippen molar-refractivity contribution in [3.8, 4) is 0 Å². The molecule has 23 heavy (non-hydrogen) atoms. The number of aldehydes is 1. The highest BCUT2D eigenvalue weighted by molar-refractivity contribution is 5.75. The lowest BCUT2D eigenvalue weighted by molar-refractivity contribution is -0.384. The van der Waals surface area contributed by atoms with E-state index in [1.807, 2.05) is 13.8 Å². The minimum Gasteiger partial charge on any atom is -0.369 e. The molecule has 132 valence electrons. The molecule has 0 fully saturated rings. The predicted molar refractivity (Wildman–Crippen MR) is 81.6 cm³/mol. The molecular formula is C15H22F3NO4. The number of rotatable bonds is 4. The fourth-order valence-electron chi connectivity index (χ4n) is 1.14. The predicted octanol–water partition coefficient (Wildman–Crippen LogP) is 4.80. The lowest BCUT2D eigenvalue weighted by Crippen LogP contribution is -2.43. The molecule has 0 heterocycles. The summed E-state index contributed by atoms with van der Waals surface area (Å²) < 4.78 is 40.3. The molecule has 5 nitrogen and oxygen atoms in total. The molecule has 0 radical (unpaired) electrons. The maximum atomic E-state index is 12.0. The molecule has 0 spiro atoms. The summed E-state index contributed by atoms with van der Waals surface area (Å²) in [6.07, 6.45) is -3.69. The van der Waals surface area contributed by atoms with Crippen LogP contribution in [0.2, 0.25) is 0 Å². The van der Waals surface area contributed by atoms with Gasteiger partial charge in [0.15, 0.2) is 5.60 Å². The van der Waals surface area contributed by atoms with Crippen LogP contribution in [0.25, 0.3) is 0 Å². The molecule has 0 saturated carbocycles. The number of non-ortho nitro benzene ring substituents is 1. The van der Waals surface area contributed by atoms with E-state index in [1.54, 1.807) is 0 Å². The van der Waals surface area contributed by atoms with Crippen LogP contribution in [0.1, 0.15) is 44.5 Å². The Labute approximate surface area is 133 Å². The highest BCUT2D eigenvalue weighted by Crippen LogP contribution is 2.34. The van der Waals surface area contributed by atoms with E-state index >= 15 is 0 Å². The molecule has 0 bridgehead atoms. The van der Waals surface area contributed by atoms with Gasteiger partial charge < -0.3 is 4.74 Å². The number of benzene rings is 1. The number of carbonyl (C=O) groups excluding carboxylic acids is 1. The average molecular weight is 337 g/mol. The van der Waals surface area contributed by atoms with Gasteiger partial charge in [0.1, 0.15) is 6.29 Å². The third-order valence-corrected chi connectivity index (χ3v) is 2.96. The van der Waals surface area contributed by atoms with Crippen LogP contribution in [0.3, 0.4) is 0 Å². The zero-order chi connectivity index (χ0) is 18.7. The van der Waals surface area contributed by atoms with Crippen LogP contribution < -0.4 is 0 Å². The van der Waals surface area contributed by atoms with Gasteiger partial charge in [-0.05, 0) is 25.5 Å². The Hall–Kier alpha value is -1.96. The first-order valence-electron chi connectivity index (χ1n) is 6.92. The van der Waals surface area contributed by atoms with Gasteiger partial charge in [-0.1, -0.05) is 20.8 Å². The van der Waals surface area contributed by atoms with E-state index in [4.69, 9.17) is 0 Å². The van der Waals surface area contributed by atoms with E-state index in [9.17, 15) is 28.1 Å². The zero-order valence-electron chi connectivity index (χ0n) is 13.8. The highest BCUT2D eigenvalue weighted by atomic mass is 19.4. The molecule has 0 saturated heterocycles. The van der Waals surface area contributed by atoms with Gasteiger partial charge in [0.2, 0.25) is 0 Å². The first-order chi connectivity index (χ1) is 10.6. The first-order valence-corrected chi connectivity index (χ1v) is 6.92. The molecule has 1 aromatic carbocycles. The van der Waals surface area contributed by atoms with Crippen LogP contribution in [0.4, 0.5) is 18.9 Å². The van der Waals surface area contributed by atoms with Crippen molar-refractivity contribution in [1.29, 1.82) is 0 Å². The molecule has 1 unspecified atom stereocenters. The van der Waals surface area contributed by atoms with Gasteiger partial charge in [0, 0.05) is 24.8 Å². The van der Waals surface area contributed by atoms with E-state index < -0.39 is 16.7 Å². The lowest BCUT2D eigenvalue weighted by atomic mass is 10.0. The molecule has 0 aromatic heterocycles. The quantitative estimate of drug-likeness (QED) is 0.450. The number of nitro benzene ring substituents is 1. The maximum absolute atomic E-state index is 12.0. The van der Waals surface area contributed by atoms with E-state index in [1.165, 1.54) is 31.2 Å². The van der Waals surface area contributed by atoms with Crippen molar-refractivity contribution in [3.05, 3.63) is 39.9 Å². The van der Waals surface area contributed by atoms with E-state index in [0.717, 1.165) is 14.0 Å². The minimum absolute atomic E-state index is 0.00407. The van der Waals surface area contributed by atoms with Crippen molar-refractivity contribution in [1.82, 2.24) is 0 Å². The van der Waals surface area contributed by atoms with Gasteiger partial charge >= 0.3 is 6.18 Å². The standard InChI is InChI=1S/C7H5NO3.C6H11F3O.C2H6/c9-5-6-1-3-7(4-2-6)8(10)11;1-4-5(2,10-3)6(7,8)9;1-2/h1-5H;4H2,1-3H3;1-2H3. The van der Waals surface area contributed by atoms with E-state index in [0.29, 0.717) is 11.8 Å². The smallest absolute Gasteiger partial charge is 0.369 e. The molecule has 0 aliphatic rings. The van der Waals surface area contributed by atoms with Gasteiger partial charge in [-0.3, -0.25) is 14.9 Å². The summed E-state index contributed by atoms with van der Waals surface area (Å²) in [5, 5.41) is 10.1. The number of alkyl halides is 3. The van der Waals surface area contributed by atoms with Gasteiger partial charge in [0.05, 0.1) is 4.92 Å². The Kier molecular flexibility index (Phi) is 10.9. The molecule has 0 aliphatic heterocycles. The van der Waals surface area contributed by atoms with Gasteiger partial charge in [0.25, 0.3) is 5.69 Å². The lowest BCUT2D eigenvalue weighted by Gasteiger charge is -2.28. The molecule has 0 N–H and O–H groups in total. The summed E-state index contributed by atoms with van der Waals surface area (Å²) >= 11 is 0. The zero-order valence-corrected chi connectivity index (χ0v) is 13.8. The second kappa shape index (κ2) is 10.7. The van der Waals surface area contributed by atoms with Crippen molar-refractivity contribution >= 4 is 12.0 Å². The number of methoxy groups -OCH3 is 1. The van der Waals surface area contributed by atoms with Crippen molar-refractivity contribution in [2.75, 3.05) is 7.11 Å². The maximum Gasteiger partial charge on any atom is 0.417 e. The SMILES string of the molecule is CC.CCC(C)(OC)C(F)(F)F.O=Cc1ccc([N+](=O)[O-])cc1. The second-order valence-electron chi connectivity index (χ2n) is 4.25. The number of nitrogens with zero attached hydrogens (tertiary/aromatic N) is 1. The molecular weight excluding hydrogens is 315 g/mol. The summed E-state index contributed by atoms with van der Waals surface area (Å²) in [4.78, 5) is 19.7. The summed E-state index contributed by atoms with van der Waals surface area (Å²) in [7, 11) is 1.07. The van der Waals surface area contributed by atoms with E-state index in [-0.39, 0.29) is 12.1 Å². The molecule has 1 rings (SSSR count). The normalized spacial score (nSPS) is 12.7. The topological polar surface area (TPSA) is 69.4 Å². The van der Waals surface area contributed by atoms with Crippen LogP contribution in [0.15, 0.2) is 24.3 Å². The molecule has 0 aliphatic carbocycles. The fourth-order valence-corrected chi connectivity index (χ4v) is 1.14. The molecule has 1 atom stereocenters. The van der Waals surface area contributed by atoms with Crippen molar-refractivity contribution in [2.45, 2.75) is 45.9 Å². The number of carbonyl (C=O) groups is 1. The summed E-state index contributed by atoms with van der Waals surface area (Å²) in [5.74, 6) is 0. The van der Waals surface area contributed by atoms with Crippen molar-refractivity contribution < 1.29 is 27.6 Å². The van der Waals surface area contributed by atoms with Crippen LogP contribution in [0.5, 0.6) is 0 Å². The van der Waals surface area contributed by atoms with Crippen LogP contribution in [-0.4, -0.2) is 30.1 Å². The molecule has 0 amide bonds.